The van der Waals surface area contributed by atoms with Crippen LogP contribution < -0.4 is 5.32 Å². The number of anilines is 1. The third-order valence-electron chi connectivity index (χ3n) is 7.34. The number of nitrogens with zero attached hydrogens (tertiary/aromatic N) is 5. The van der Waals surface area contributed by atoms with E-state index in [4.69, 9.17) is 11.6 Å². The van der Waals surface area contributed by atoms with Crippen molar-refractivity contribution in [3.63, 3.8) is 0 Å². The van der Waals surface area contributed by atoms with Gasteiger partial charge in [0.2, 0.25) is 16.0 Å². The molecule has 0 aliphatic carbocycles. The van der Waals surface area contributed by atoms with Gasteiger partial charge < -0.3 is 20.1 Å². The number of aromatic nitrogens is 4. The number of hydrogen-bond donors (Lipinski definition) is 3. The van der Waals surface area contributed by atoms with Crippen molar-refractivity contribution >= 4 is 38.6 Å². The van der Waals surface area contributed by atoms with Crippen LogP contribution in [0.2, 0.25) is 5.02 Å². The maximum Gasteiger partial charge on any atom is 0.223 e. The summed E-state index contributed by atoms with van der Waals surface area (Å²) in [4.78, 5) is 13.2. The second-order valence-electron chi connectivity index (χ2n) is 11.0. The molecular weight excluding hydrogens is 535 g/mol. The number of piperidine rings is 1. The van der Waals surface area contributed by atoms with Crippen LogP contribution in [-0.4, -0.2) is 72.9 Å². The lowest BCUT2D eigenvalue weighted by Crippen LogP contribution is -2.58. The molecule has 1 aromatic carbocycles. The van der Waals surface area contributed by atoms with Gasteiger partial charge in [0.05, 0.1) is 46.9 Å². The Morgan fingerprint density at radius 1 is 1.24 bits per heavy atom. The molecule has 5 rings (SSSR count). The van der Waals surface area contributed by atoms with E-state index in [1.807, 2.05) is 13.8 Å². The van der Waals surface area contributed by atoms with E-state index in [0.29, 0.717) is 36.2 Å². The summed E-state index contributed by atoms with van der Waals surface area (Å²) in [6.45, 7) is 7.06. The Morgan fingerprint density at radius 2 is 1.95 bits per heavy atom. The third kappa shape index (κ3) is 4.66. The summed E-state index contributed by atoms with van der Waals surface area (Å²) in [5, 5.41) is 25.0. The van der Waals surface area contributed by atoms with Gasteiger partial charge in [-0.3, -0.25) is 0 Å². The minimum absolute atomic E-state index is 0.108. The van der Waals surface area contributed by atoms with E-state index in [2.05, 4.69) is 20.3 Å². The van der Waals surface area contributed by atoms with Crippen molar-refractivity contribution in [2.75, 3.05) is 11.6 Å². The number of sulfonamides is 1. The van der Waals surface area contributed by atoms with Gasteiger partial charge in [0, 0.05) is 17.6 Å². The van der Waals surface area contributed by atoms with Crippen LogP contribution >= 0.6 is 11.6 Å². The van der Waals surface area contributed by atoms with Crippen LogP contribution in [0, 0.1) is 5.82 Å². The highest BCUT2D eigenvalue weighted by atomic mass is 35.5. The average Bonchev–Trinajstić information content (AvgIpc) is 3.37. The van der Waals surface area contributed by atoms with Crippen molar-refractivity contribution in [2.24, 2.45) is 0 Å². The Labute approximate surface area is 225 Å². The van der Waals surface area contributed by atoms with Crippen LogP contribution in [0.1, 0.15) is 58.8 Å². The first-order chi connectivity index (χ1) is 17.7. The van der Waals surface area contributed by atoms with Crippen LogP contribution in [0.15, 0.2) is 18.3 Å². The van der Waals surface area contributed by atoms with E-state index in [1.165, 1.54) is 22.8 Å². The van der Waals surface area contributed by atoms with Crippen molar-refractivity contribution in [3.05, 3.63) is 35.0 Å². The van der Waals surface area contributed by atoms with Crippen molar-refractivity contribution in [1.82, 2.24) is 23.8 Å². The summed E-state index contributed by atoms with van der Waals surface area (Å²) in [7, 11) is -3.44. The molecule has 0 radical (unpaired) electrons. The summed E-state index contributed by atoms with van der Waals surface area (Å²) in [5.74, 6) is -0.0406. The number of fused-ring (bicyclic) bond motifs is 3. The number of aliphatic hydroxyl groups excluding tert-OH is 1. The molecule has 0 unspecified atom stereocenters. The SMILES string of the molecule is CC(C)n1c(C(C)(C)O)nc2c(F)cc(-c3nc(N[C@H]4C[C@@H]5CC[C@H]([C@@H]4O)N5S(C)(=O)=O)ncc3Cl)cc21. The van der Waals surface area contributed by atoms with Crippen molar-refractivity contribution in [1.29, 1.82) is 0 Å². The zero-order chi connectivity index (χ0) is 27.7. The smallest absolute Gasteiger partial charge is 0.223 e. The second-order valence-corrected chi connectivity index (χ2v) is 13.3. The van der Waals surface area contributed by atoms with Gasteiger partial charge in [-0.15, -0.1) is 0 Å². The standard InChI is InChI=1S/C25H32ClFN6O4S/c1-12(2)32-19-9-13(8-16(27)21(19)30-23(32)25(3,4)35)20-15(26)11-28-24(31-20)29-17-10-14-6-7-18(22(17)34)33(14)38(5,36)37/h8-9,11-12,14,17-18,22,34-35H,6-7,10H2,1-5H3,(H,28,29,31)/t14-,17-,18+,22+/m0/s1. The van der Waals surface area contributed by atoms with Crippen molar-refractivity contribution < 1.29 is 23.0 Å². The lowest BCUT2D eigenvalue weighted by molar-refractivity contribution is 0.0472. The average molecular weight is 567 g/mol. The molecule has 2 saturated heterocycles. The Hall–Kier alpha value is -2.38. The summed E-state index contributed by atoms with van der Waals surface area (Å²) in [6, 6.07) is 1.75. The maximum absolute atomic E-state index is 15.3. The Kier molecular flexibility index (Phi) is 6.71. The summed E-state index contributed by atoms with van der Waals surface area (Å²) < 4.78 is 43.0. The fraction of sp³-hybridized carbons (Fsp3) is 0.560. The molecule has 13 heteroatoms. The minimum Gasteiger partial charge on any atom is -0.389 e. The maximum atomic E-state index is 15.3. The van der Waals surface area contributed by atoms with E-state index >= 15 is 4.39 Å². The highest BCUT2D eigenvalue weighted by Crippen LogP contribution is 2.39. The van der Waals surface area contributed by atoms with Crippen LogP contribution in [0.25, 0.3) is 22.3 Å². The molecule has 2 aromatic heterocycles. The lowest BCUT2D eigenvalue weighted by atomic mass is 9.96. The molecule has 206 valence electrons. The van der Waals surface area contributed by atoms with Crippen LogP contribution in [0.5, 0.6) is 0 Å². The lowest BCUT2D eigenvalue weighted by Gasteiger charge is -2.41. The summed E-state index contributed by atoms with van der Waals surface area (Å²) in [5.41, 5.74) is 0.0436. The molecule has 2 fully saturated rings. The highest BCUT2D eigenvalue weighted by molar-refractivity contribution is 7.88. The number of aliphatic hydroxyl groups is 2. The molecule has 0 amide bonds. The van der Waals surface area contributed by atoms with E-state index in [1.54, 1.807) is 24.5 Å². The molecule has 0 spiro atoms. The topological polar surface area (TPSA) is 133 Å². The van der Waals surface area contributed by atoms with E-state index in [9.17, 15) is 18.6 Å². The molecule has 4 heterocycles. The Bertz CT molecular complexity index is 1510. The zero-order valence-corrected chi connectivity index (χ0v) is 23.4. The second kappa shape index (κ2) is 9.37. The number of rotatable bonds is 6. The van der Waals surface area contributed by atoms with Crippen LogP contribution in [0.3, 0.4) is 0 Å². The van der Waals surface area contributed by atoms with Gasteiger partial charge in [-0.25, -0.2) is 27.8 Å². The molecule has 3 aromatic rings. The molecule has 2 bridgehead atoms. The number of hydrogen-bond acceptors (Lipinski definition) is 8. The Balaban J connectivity index is 1.51. The molecule has 0 saturated carbocycles. The molecule has 2 aliphatic heterocycles. The van der Waals surface area contributed by atoms with Crippen molar-refractivity contribution in [3.8, 4) is 11.3 Å². The van der Waals surface area contributed by atoms with Gasteiger partial charge in [0.15, 0.2) is 5.82 Å². The molecule has 38 heavy (non-hydrogen) atoms. The van der Waals surface area contributed by atoms with Gasteiger partial charge >= 0.3 is 0 Å². The van der Waals surface area contributed by atoms with Gasteiger partial charge in [-0.05, 0) is 59.1 Å². The van der Waals surface area contributed by atoms with Crippen LogP contribution in [-0.2, 0) is 15.6 Å². The predicted octanol–water partition coefficient (Wildman–Crippen LogP) is 3.43. The normalized spacial score (nSPS) is 24.5. The van der Waals surface area contributed by atoms with Crippen LogP contribution in [0.4, 0.5) is 10.3 Å². The van der Waals surface area contributed by atoms with Gasteiger partial charge in [0.25, 0.3) is 0 Å². The van der Waals surface area contributed by atoms with E-state index in [-0.39, 0.29) is 34.3 Å². The predicted molar refractivity (Wildman–Crippen MR) is 143 cm³/mol. The molecule has 2 aliphatic rings. The number of benzene rings is 1. The number of imidazole rings is 1. The van der Waals surface area contributed by atoms with Gasteiger partial charge in [-0.1, -0.05) is 11.6 Å². The first-order valence-corrected chi connectivity index (χ1v) is 14.8. The quantitative estimate of drug-likeness (QED) is 0.413. The fourth-order valence-corrected chi connectivity index (χ4v) is 7.50. The molecular formula is C25H32ClFN6O4S. The third-order valence-corrected chi connectivity index (χ3v) is 8.95. The number of halogens is 2. The molecule has 3 N–H and O–H groups in total. The van der Waals surface area contributed by atoms with Gasteiger partial charge in [0.1, 0.15) is 16.9 Å². The zero-order valence-electron chi connectivity index (χ0n) is 21.9. The Morgan fingerprint density at radius 3 is 2.58 bits per heavy atom. The largest absolute Gasteiger partial charge is 0.389 e. The first-order valence-electron chi connectivity index (χ1n) is 12.6. The van der Waals surface area contributed by atoms with E-state index < -0.39 is 39.6 Å². The first kappa shape index (κ1) is 27.2. The summed E-state index contributed by atoms with van der Waals surface area (Å²) >= 11 is 6.45. The highest BCUT2D eigenvalue weighted by Gasteiger charge is 2.50. The fourth-order valence-electron chi connectivity index (χ4n) is 5.84. The molecule has 4 atom stereocenters. The summed E-state index contributed by atoms with van der Waals surface area (Å²) in [6.07, 6.45) is 3.29. The van der Waals surface area contributed by atoms with Crippen molar-refractivity contribution in [2.45, 2.75) is 82.8 Å². The number of nitrogens with one attached hydrogen (secondary N) is 1. The monoisotopic (exact) mass is 566 g/mol. The minimum atomic E-state index is -3.44. The van der Waals surface area contributed by atoms with Gasteiger partial charge in [-0.2, -0.15) is 4.31 Å². The molecule has 10 nitrogen and oxygen atoms in total. The van der Waals surface area contributed by atoms with E-state index in [0.717, 1.165) is 0 Å².